The quantitative estimate of drug-likeness (QED) is 0.613. The number of carbonyl (C=O) groups excluding carboxylic acids is 2. The molecule has 0 atom stereocenters. The van der Waals surface area contributed by atoms with Gasteiger partial charge < -0.3 is 10.6 Å². The molecule has 3 rings (SSSR count). The Hall–Kier alpha value is -3.47. The monoisotopic (exact) mass is 390 g/mol. The fraction of sp³-hybridized carbons (Fsp3) is 0.167. The van der Waals surface area contributed by atoms with Gasteiger partial charge in [0.2, 0.25) is 5.91 Å². The number of amides is 2. The fourth-order valence-electron chi connectivity index (χ4n) is 3.18. The molecule has 0 saturated heterocycles. The molecule has 3 aromatic rings. The van der Waals surface area contributed by atoms with Crippen molar-refractivity contribution in [1.82, 2.24) is 10.6 Å². The number of benzene rings is 3. The first-order valence-corrected chi connectivity index (χ1v) is 9.54. The summed E-state index contributed by atoms with van der Waals surface area (Å²) in [5.41, 5.74) is 2.70. The molecule has 0 heterocycles. The van der Waals surface area contributed by atoms with E-state index in [0.717, 1.165) is 6.42 Å². The molecule has 0 unspecified atom stereocenters. The maximum atomic E-state index is 12.9. The highest BCUT2D eigenvalue weighted by atomic mass is 19.1. The summed E-state index contributed by atoms with van der Waals surface area (Å²) in [4.78, 5) is 24.1. The summed E-state index contributed by atoms with van der Waals surface area (Å²) < 4.78 is 12.9. The van der Waals surface area contributed by atoms with Crippen molar-refractivity contribution in [3.05, 3.63) is 107 Å². The molecule has 0 aromatic heterocycles. The Labute approximate surface area is 169 Å². The van der Waals surface area contributed by atoms with E-state index in [2.05, 4.69) is 34.9 Å². The van der Waals surface area contributed by atoms with Crippen LogP contribution in [0.25, 0.3) is 0 Å². The summed E-state index contributed by atoms with van der Waals surface area (Å²) in [6, 6.07) is 25.5. The molecular weight excluding hydrogens is 367 g/mol. The molecule has 5 heteroatoms. The van der Waals surface area contributed by atoms with Gasteiger partial charge in [0.1, 0.15) is 5.82 Å². The molecule has 2 amide bonds. The zero-order valence-electron chi connectivity index (χ0n) is 16.0. The Morgan fingerprint density at radius 2 is 1.31 bits per heavy atom. The van der Waals surface area contributed by atoms with Crippen LogP contribution >= 0.6 is 0 Å². The molecule has 0 spiro atoms. The molecule has 0 bridgehead atoms. The molecule has 29 heavy (non-hydrogen) atoms. The van der Waals surface area contributed by atoms with Crippen molar-refractivity contribution in [3.8, 4) is 0 Å². The van der Waals surface area contributed by atoms with Crippen LogP contribution in [0.2, 0.25) is 0 Å². The first-order chi connectivity index (χ1) is 14.1. The van der Waals surface area contributed by atoms with Gasteiger partial charge in [-0.15, -0.1) is 0 Å². The normalized spacial score (nSPS) is 10.6. The number of hydrogen-bond acceptors (Lipinski definition) is 2. The van der Waals surface area contributed by atoms with Gasteiger partial charge in [-0.2, -0.15) is 0 Å². The van der Waals surface area contributed by atoms with Crippen LogP contribution in [0.5, 0.6) is 0 Å². The molecule has 0 aliphatic heterocycles. The maximum Gasteiger partial charge on any atom is 0.251 e. The topological polar surface area (TPSA) is 58.2 Å². The molecular formula is C24H23FN2O2. The number of rotatable bonds is 8. The van der Waals surface area contributed by atoms with Gasteiger partial charge in [0, 0.05) is 18.0 Å². The minimum absolute atomic E-state index is 0.127. The van der Waals surface area contributed by atoms with Crippen molar-refractivity contribution in [1.29, 1.82) is 0 Å². The minimum Gasteiger partial charge on any atom is -0.355 e. The first-order valence-electron chi connectivity index (χ1n) is 9.54. The van der Waals surface area contributed by atoms with Gasteiger partial charge in [-0.05, 0) is 41.8 Å². The lowest BCUT2D eigenvalue weighted by atomic mass is 9.88. The number of hydrogen-bond donors (Lipinski definition) is 2. The summed E-state index contributed by atoms with van der Waals surface area (Å²) in [7, 11) is 0. The van der Waals surface area contributed by atoms with E-state index < -0.39 is 11.7 Å². The maximum absolute atomic E-state index is 12.9. The Morgan fingerprint density at radius 1 is 0.759 bits per heavy atom. The van der Waals surface area contributed by atoms with Crippen LogP contribution < -0.4 is 10.6 Å². The van der Waals surface area contributed by atoms with Gasteiger partial charge in [-0.1, -0.05) is 60.7 Å². The highest BCUT2D eigenvalue weighted by molar-refractivity contribution is 5.96. The summed E-state index contributed by atoms with van der Waals surface area (Å²) in [5.74, 6) is -0.913. The second-order valence-electron chi connectivity index (χ2n) is 6.70. The van der Waals surface area contributed by atoms with Crippen LogP contribution in [-0.4, -0.2) is 24.9 Å². The molecule has 148 valence electrons. The lowest BCUT2D eigenvalue weighted by Gasteiger charge is -2.18. The highest BCUT2D eigenvalue weighted by Crippen LogP contribution is 2.27. The number of halogens is 1. The zero-order valence-corrected chi connectivity index (χ0v) is 16.0. The number of carbonyl (C=O) groups is 2. The van der Waals surface area contributed by atoms with Gasteiger partial charge in [-0.3, -0.25) is 9.59 Å². The summed E-state index contributed by atoms with van der Waals surface area (Å²) >= 11 is 0. The average molecular weight is 390 g/mol. The average Bonchev–Trinajstić information content (AvgIpc) is 2.77. The van der Waals surface area contributed by atoms with Crippen molar-refractivity contribution >= 4 is 11.8 Å². The van der Waals surface area contributed by atoms with Crippen molar-refractivity contribution < 1.29 is 14.0 Å². The van der Waals surface area contributed by atoms with Crippen LogP contribution in [0.4, 0.5) is 4.39 Å². The largest absolute Gasteiger partial charge is 0.355 e. The number of nitrogens with one attached hydrogen (secondary N) is 2. The Kier molecular flexibility index (Phi) is 7.11. The Morgan fingerprint density at radius 3 is 1.86 bits per heavy atom. The van der Waals surface area contributed by atoms with Gasteiger partial charge in [0.25, 0.3) is 5.91 Å². The third-order valence-electron chi connectivity index (χ3n) is 4.67. The van der Waals surface area contributed by atoms with Gasteiger partial charge in [-0.25, -0.2) is 4.39 Å². The molecule has 4 nitrogen and oxygen atoms in total. The van der Waals surface area contributed by atoms with Crippen molar-refractivity contribution in [2.75, 3.05) is 13.1 Å². The lowest BCUT2D eigenvalue weighted by molar-refractivity contribution is -0.120. The van der Waals surface area contributed by atoms with E-state index in [-0.39, 0.29) is 18.4 Å². The zero-order chi connectivity index (χ0) is 20.5. The molecule has 0 aliphatic carbocycles. The van der Waals surface area contributed by atoms with E-state index >= 15 is 0 Å². The van der Waals surface area contributed by atoms with E-state index in [9.17, 15) is 14.0 Å². The van der Waals surface area contributed by atoms with Crippen LogP contribution in [0, 0.1) is 5.82 Å². The second kappa shape index (κ2) is 10.2. The third-order valence-corrected chi connectivity index (χ3v) is 4.67. The van der Waals surface area contributed by atoms with E-state index in [1.807, 2.05) is 36.4 Å². The summed E-state index contributed by atoms with van der Waals surface area (Å²) in [6.45, 7) is 0.358. The van der Waals surface area contributed by atoms with Crippen LogP contribution in [0.15, 0.2) is 84.9 Å². The van der Waals surface area contributed by atoms with E-state index in [4.69, 9.17) is 0 Å². The third kappa shape index (κ3) is 6.01. The van der Waals surface area contributed by atoms with Gasteiger partial charge in [0.05, 0.1) is 6.54 Å². The molecule has 0 saturated carbocycles. The van der Waals surface area contributed by atoms with Crippen molar-refractivity contribution in [2.24, 2.45) is 0 Å². The van der Waals surface area contributed by atoms with E-state index in [1.165, 1.54) is 35.4 Å². The van der Waals surface area contributed by atoms with Gasteiger partial charge in [0.15, 0.2) is 0 Å². The predicted molar refractivity (Wildman–Crippen MR) is 111 cm³/mol. The molecule has 3 aromatic carbocycles. The summed E-state index contributed by atoms with van der Waals surface area (Å²) in [6.07, 6.45) is 0.742. The van der Waals surface area contributed by atoms with Crippen molar-refractivity contribution in [3.63, 3.8) is 0 Å². The SMILES string of the molecule is O=C(CNC(=O)c1ccc(F)cc1)NCCC(c1ccccc1)c1ccccc1. The fourth-order valence-corrected chi connectivity index (χ4v) is 3.18. The standard InChI is InChI=1S/C24H23FN2O2/c25-21-13-11-20(12-14-21)24(29)27-17-23(28)26-16-15-22(18-7-3-1-4-8-18)19-9-5-2-6-10-19/h1-14,22H,15-17H2,(H,26,28)(H,27,29). The second-order valence-corrected chi connectivity index (χ2v) is 6.70. The molecule has 0 fully saturated rings. The summed E-state index contributed by atoms with van der Waals surface area (Å²) in [5, 5.41) is 5.40. The molecule has 0 radical (unpaired) electrons. The molecule has 0 aliphatic rings. The van der Waals surface area contributed by atoms with Crippen LogP contribution in [0.3, 0.4) is 0 Å². The smallest absolute Gasteiger partial charge is 0.251 e. The van der Waals surface area contributed by atoms with Crippen LogP contribution in [-0.2, 0) is 4.79 Å². The lowest BCUT2D eigenvalue weighted by Crippen LogP contribution is -2.37. The Balaban J connectivity index is 1.51. The van der Waals surface area contributed by atoms with Gasteiger partial charge >= 0.3 is 0 Å². The van der Waals surface area contributed by atoms with Crippen LogP contribution in [0.1, 0.15) is 33.8 Å². The van der Waals surface area contributed by atoms with Crippen molar-refractivity contribution in [2.45, 2.75) is 12.3 Å². The Bertz CT molecular complexity index is 889. The predicted octanol–water partition coefficient (Wildman–Crippen LogP) is 3.89. The highest BCUT2D eigenvalue weighted by Gasteiger charge is 2.14. The first kappa shape index (κ1) is 20.3. The van der Waals surface area contributed by atoms with E-state index in [1.54, 1.807) is 0 Å². The molecule has 2 N–H and O–H groups in total. The minimum atomic E-state index is -0.411. The van der Waals surface area contributed by atoms with E-state index in [0.29, 0.717) is 12.1 Å².